The van der Waals surface area contributed by atoms with Gasteiger partial charge in [-0.1, -0.05) is 18.2 Å². The zero-order chi connectivity index (χ0) is 15.0. The van der Waals surface area contributed by atoms with Gasteiger partial charge in [0.15, 0.2) is 5.78 Å². The Labute approximate surface area is 124 Å². The smallest absolute Gasteiger partial charge is 0.196 e. The van der Waals surface area contributed by atoms with Crippen molar-refractivity contribution in [1.82, 2.24) is 5.32 Å². The minimum Gasteiger partial charge on any atom is -0.496 e. The van der Waals surface area contributed by atoms with E-state index in [-0.39, 0.29) is 5.78 Å². The van der Waals surface area contributed by atoms with Crippen LogP contribution in [0.1, 0.15) is 38.2 Å². The molecule has 3 rings (SSSR count). The maximum atomic E-state index is 12.8. The third-order valence-corrected chi connectivity index (χ3v) is 4.22. The summed E-state index contributed by atoms with van der Waals surface area (Å²) in [5.41, 5.74) is 5.99. The molecule has 2 aromatic carbocycles. The Morgan fingerprint density at radius 3 is 2.62 bits per heavy atom. The fourth-order valence-electron chi connectivity index (χ4n) is 2.82. The van der Waals surface area contributed by atoms with Crippen molar-refractivity contribution in [3.05, 3.63) is 63.7 Å². The van der Waals surface area contributed by atoms with E-state index in [2.05, 4.69) is 5.32 Å². The molecule has 1 heterocycles. The fraction of sp³-hybridized carbons (Fsp3) is 0.278. The monoisotopic (exact) mass is 281 g/mol. The number of hydrogen-bond donors (Lipinski definition) is 1. The number of nitrogens with one attached hydrogen (secondary N) is 1. The zero-order valence-corrected chi connectivity index (χ0v) is 12.6. The average Bonchev–Trinajstić information content (AvgIpc) is 2.96. The molecular weight excluding hydrogens is 262 g/mol. The van der Waals surface area contributed by atoms with Gasteiger partial charge in [-0.3, -0.25) is 4.79 Å². The van der Waals surface area contributed by atoms with E-state index >= 15 is 0 Å². The average molecular weight is 281 g/mol. The number of methoxy groups -OCH3 is 1. The van der Waals surface area contributed by atoms with Crippen LogP contribution in [0.25, 0.3) is 0 Å². The molecule has 0 radical (unpaired) electrons. The van der Waals surface area contributed by atoms with Crippen LogP contribution in [0.5, 0.6) is 5.75 Å². The Morgan fingerprint density at radius 2 is 1.86 bits per heavy atom. The van der Waals surface area contributed by atoms with E-state index in [1.165, 1.54) is 11.1 Å². The topological polar surface area (TPSA) is 38.3 Å². The quantitative estimate of drug-likeness (QED) is 0.878. The molecule has 0 fully saturated rings. The molecule has 1 aliphatic heterocycles. The molecule has 108 valence electrons. The molecule has 0 saturated carbocycles. The first-order chi connectivity index (χ1) is 10.1. The summed E-state index contributed by atoms with van der Waals surface area (Å²) in [6.45, 7) is 5.72. The van der Waals surface area contributed by atoms with Gasteiger partial charge in [0.2, 0.25) is 0 Å². The normalized spacial score (nSPS) is 13.1. The molecule has 1 aliphatic rings. The minimum absolute atomic E-state index is 0.0182. The second kappa shape index (κ2) is 5.34. The SMILES string of the molecule is COc1c(C(=O)c2ccc3c(c2)CNC3)ccc(C)c1C. The Balaban J connectivity index is 2.05. The van der Waals surface area contributed by atoms with Gasteiger partial charge in [-0.15, -0.1) is 0 Å². The van der Waals surface area contributed by atoms with Crippen molar-refractivity contribution in [3.63, 3.8) is 0 Å². The first kappa shape index (κ1) is 13.8. The maximum absolute atomic E-state index is 12.8. The predicted octanol–water partition coefficient (Wildman–Crippen LogP) is 3.15. The van der Waals surface area contributed by atoms with E-state index in [0.717, 1.165) is 29.8 Å². The lowest BCUT2D eigenvalue weighted by Crippen LogP contribution is -2.06. The number of ketones is 1. The third kappa shape index (κ3) is 2.34. The van der Waals surface area contributed by atoms with Crippen LogP contribution in [0.3, 0.4) is 0 Å². The fourth-order valence-corrected chi connectivity index (χ4v) is 2.82. The van der Waals surface area contributed by atoms with Gasteiger partial charge in [0.05, 0.1) is 12.7 Å². The molecule has 0 amide bonds. The number of hydrogen-bond acceptors (Lipinski definition) is 3. The molecule has 21 heavy (non-hydrogen) atoms. The van der Waals surface area contributed by atoms with Crippen molar-refractivity contribution in [2.75, 3.05) is 7.11 Å². The standard InChI is InChI=1S/C18H19NO2/c1-11-4-7-16(18(21-3)12(11)2)17(20)13-5-6-14-9-19-10-15(14)8-13/h4-8,19H,9-10H2,1-3H3. The molecule has 0 saturated heterocycles. The van der Waals surface area contributed by atoms with Gasteiger partial charge >= 0.3 is 0 Å². The van der Waals surface area contributed by atoms with Gasteiger partial charge in [0, 0.05) is 18.7 Å². The van der Waals surface area contributed by atoms with E-state index in [1.54, 1.807) is 7.11 Å². The van der Waals surface area contributed by atoms with Gasteiger partial charge < -0.3 is 10.1 Å². The minimum atomic E-state index is 0.0182. The highest BCUT2D eigenvalue weighted by Gasteiger charge is 2.19. The molecule has 0 aliphatic carbocycles. The number of carbonyl (C=O) groups excluding carboxylic acids is 1. The van der Waals surface area contributed by atoms with Crippen molar-refractivity contribution in [2.45, 2.75) is 26.9 Å². The van der Waals surface area contributed by atoms with Crippen LogP contribution in [0.15, 0.2) is 30.3 Å². The van der Waals surface area contributed by atoms with Gasteiger partial charge in [-0.2, -0.15) is 0 Å². The Morgan fingerprint density at radius 1 is 1.10 bits per heavy atom. The van der Waals surface area contributed by atoms with Crippen LogP contribution < -0.4 is 10.1 Å². The lowest BCUT2D eigenvalue weighted by Gasteiger charge is -2.13. The summed E-state index contributed by atoms with van der Waals surface area (Å²) >= 11 is 0. The van der Waals surface area contributed by atoms with Gasteiger partial charge in [0.1, 0.15) is 5.75 Å². The van der Waals surface area contributed by atoms with Gasteiger partial charge in [-0.25, -0.2) is 0 Å². The Hall–Kier alpha value is -2.13. The van der Waals surface area contributed by atoms with Crippen molar-refractivity contribution in [2.24, 2.45) is 0 Å². The number of carbonyl (C=O) groups is 1. The van der Waals surface area contributed by atoms with Crippen molar-refractivity contribution < 1.29 is 9.53 Å². The number of aryl methyl sites for hydroxylation is 1. The molecule has 0 atom stereocenters. The zero-order valence-electron chi connectivity index (χ0n) is 12.6. The van der Waals surface area contributed by atoms with E-state index in [1.807, 2.05) is 44.2 Å². The first-order valence-corrected chi connectivity index (χ1v) is 7.13. The first-order valence-electron chi connectivity index (χ1n) is 7.13. The summed E-state index contributed by atoms with van der Waals surface area (Å²) in [7, 11) is 1.62. The molecule has 0 aromatic heterocycles. The highest BCUT2D eigenvalue weighted by atomic mass is 16.5. The molecule has 3 heteroatoms. The summed E-state index contributed by atoms with van der Waals surface area (Å²) in [6, 6.07) is 9.76. The van der Waals surface area contributed by atoms with Crippen LogP contribution in [0.4, 0.5) is 0 Å². The number of ether oxygens (including phenoxy) is 1. The molecule has 3 nitrogen and oxygen atoms in total. The third-order valence-electron chi connectivity index (χ3n) is 4.22. The molecule has 0 unspecified atom stereocenters. The van der Waals surface area contributed by atoms with Crippen molar-refractivity contribution in [1.29, 1.82) is 0 Å². The van der Waals surface area contributed by atoms with Gasteiger partial charge in [-0.05, 0) is 48.2 Å². The van der Waals surface area contributed by atoms with Crippen LogP contribution in [-0.2, 0) is 13.1 Å². The second-order valence-electron chi connectivity index (χ2n) is 5.50. The molecule has 2 aromatic rings. The summed E-state index contributed by atoms with van der Waals surface area (Å²) in [4.78, 5) is 12.8. The highest BCUT2D eigenvalue weighted by molar-refractivity contribution is 6.11. The summed E-state index contributed by atoms with van der Waals surface area (Å²) in [6.07, 6.45) is 0. The largest absolute Gasteiger partial charge is 0.496 e. The Bertz CT molecular complexity index is 719. The molecule has 0 bridgehead atoms. The van der Waals surface area contributed by atoms with Crippen LogP contribution >= 0.6 is 0 Å². The van der Waals surface area contributed by atoms with Crippen LogP contribution in [0, 0.1) is 13.8 Å². The summed E-state index contributed by atoms with van der Waals surface area (Å²) in [5, 5.41) is 3.30. The lowest BCUT2D eigenvalue weighted by atomic mass is 9.96. The molecular formula is C18H19NO2. The molecule has 1 N–H and O–H groups in total. The lowest BCUT2D eigenvalue weighted by molar-refractivity contribution is 0.103. The predicted molar refractivity (Wildman–Crippen MR) is 82.9 cm³/mol. The van der Waals surface area contributed by atoms with Crippen LogP contribution in [0.2, 0.25) is 0 Å². The van der Waals surface area contributed by atoms with Gasteiger partial charge in [0.25, 0.3) is 0 Å². The van der Waals surface area contributed by atoms with E-state index in [9.17, 15) is 4.79 Å². The van der Waals surface area contributed by atoms with E-state index in [0.29, 0.717) is 11.3 Å². The molecule has 0 spiro atoms. The number of benzene rings is 2. The number of fused-ring (bicyclic) bond motifs is 1. The van der Waals surface area contributed by atoms with E-state index in [4.69, 9.17) is 4.74 Å². The van der Waals surface area contributed by atoms with Crippen molar-refractivity contribution >= 4 is 5.78 Å². The Kier molecular flexibility index (Phi) is 3.52. The van der Waals surface area contributed by atoms with E-state index < -0.39 is 0 Å². The maximum Gasteiger partial charge on any atom is 0.196 e. The highest BCUT2D eigenvalue weighted by Crippen LogP contribution is 2.29. The summed E-state index contributed by atoms with van der Waals surface area (Å²) < 4.78 is 5.46. The second-order valence-corrected chi connectivity index (χ2v) is 5.50. The van der Waals surface area contributed by atoms with Crippen LogP contribution in [-0.4, -0.2) is 12.9 Å². The summed E-state index contributed by atoms with van der Waals surface area (Å²) in [5.74, 6) is 0.697. The number of rotatable bonds is 3. The van der Waals surface area contributed by atoms with Crippen molar-refractivity contribution in [3.8, 4) is 5.75 Å².